The van der Waals surface area contributed by atoms with Crippen LogP contribution in [0.25, 0.3) is 0 Å². The van der Waals surface area contributed by atoms with Crippen molar-refractivity contribution >= 4 is 18.1 Å². The van der Waals surface area contributed by atoms with Crippen molar-refractivity contribution in [1.29, 1.82) is 0 Å². The third-order valence-corrected chi connectivity index (χ3v) is 8.74. The maximum absolute atomic E-state index is 6.31. The molecule has 0 saturated carbocycles. The van der Waals surface area contributed by atoms with Crippen LogP contribution in [0.1, 0.15) is 27.7 Å². The summed E-state index contributed by atoms with van der Waals surface area (Å²) < 4.78 is 5.36. The van der Waals surface area contributed by atoms with Gasteiger partial charge in [0.2, 0.25) is 0 Å². The molecule has 0 saturated heterocycles. The second kappa shape index (κ2) is 3.90. The van der Waals surface area contributed by atoms with E-state index in [4.69, 9.17) is 15.8 Å². The average Bonchev–Trinajstić information content (AvgIpc) is 1.85. The molecular formula is C7H18ClOP. The summed E-state index contributed by atoms with van der Waals surface area (Å²) in [5.74, 6) is 0. The summed E-state index contributed by atoms with van der Waals surface area (Å²) >= 11 is 6.31. The van der Waals surface area contributed by atoms with E-state index in [0.717, 1.165) is 0 Å². The molecule has 0 spiro atoms. The van der Waals surface area contributed by atoms with Crippen molar-refractivity contribution in [2.45, 2.75) is 39.0 Å². The summed E-state index contributed by atoms with van der Waals surface area (Å²) in [4.78, 5) is 0. The topological polar surface area (TPSA) is 9.23 Å². The molecule has 0 atom stereocenters. The molecule has 0 unspecified atom stereocenters. The van der Waals surface area contributed by atoms with Crippen LogP contribution < -0.4 is 0 Å². The van der Waals surface area contributed by atoms with E-state index < -0.39 is 6.84 Å². The normalized spacial score (nSPS) is 14.8. The third kappa shape index (κ3) is 2.08. The fourth-order valence-corrected chi connectivity index (χ4v) is 3.41. The van der Waals surface area contributed by atoms with E-state index in [-0.39, 0.29) is 0 Å². The van der Waals surface area contributed by atoms with E-state index in [1.54, 1.807) is 7.11 Å². The van der Waals surface area contributed by atoms with Gasteiger partial charge in [0.1, 0.15) is 0 Å². The first-order valence-electron chi connectivity index (χ1n) is 3.69. The van der Waals surface area contributed by atoms with Crippen LogP contribution in [0.3, 0.4) is 0 Å². The number of hydrogen-bond acceptors (Lipinski definition) is 1. The monoisotopic (exact) mass is 184 g/mol. The molecule has 0 aliphatic heterocycles. The summed E-state index contributed by atoms with van der Waals surface area (Å²) in [5, 5.41) is 0. The first-order chi connectivity index (χ1) is 4.45. The van der Waals surface area contributed by atoms with E-state index in [1.807, 2.05) is 0 Å². The van der Waals surface area contributed by atoms with Crippen LogP contribution in [-0.2, 0) is 4.52 Å². The summed E-state index contributed by atoms with van der Waals surface area (Å²) in [6.07, 6.45) is 0. The first-order valence-corrected chi connectivity index (χ1v) is 6.76. The van der Waals surface area contributed by atoms with Crippen molar-refractivity contribution in [3.8, 4) is 0 Å². The van der Waals surface area contributed by atoms with Crippen LogP contribution in [0.15, 0.2) is 0 Å². The average molecular weight is 185 g/mol. The molecular weight excluding hydrogens is 167 g/mol. The quantitative estimate of drug-likeness (QED) is 0.612. The zero-order valence-corrected chi connectivity index (χ0v) is 9.20. The van der Waals surface area contributed by atoms with Gasteiger partial charge >= 0.3 is 68.7 Å². The van der Waals surface area contributed by atoms with Gasteiger partial charge in [-0.3, -0.25) is 0 Å². The zero-order chi connectivity index (χ0) is 8.36. The van der Waals surface area contributed by atoms with Crippen LogP contribution in [0.4, 0.5) is 0 Å². The first kappa shape index (κ1) is 10.7. The molecule has 1 nitrogen and oxygen atoms in total. The minimum absolute atomic E-state index is 0.485. The van der Waals surface area contributed by atoms with Gasteiger partial charge in [-0.15, -0.1) is 0 Å². The molecule has 10 heavy (non-hydrogen) atoms. The van der Waals surface area contributed by atoms with Gasteiger partial charge in [0.05, 0.1) is 0 Å². The second-order valence-electron chi connectivity index (χ2n) is 3.21. The van der Waals surface area contributed by atoms with E-state index in [9.17, 15) is 0 Å². The molecule has 0 rings (SSSR count). The van der Waals surface area contributed by atoms with Gasteiger partial charge in [-0.05, 0) is 0 Å². The molecule has 0 bridgehead atoms. The van der Waals surface area contributed by atoms with Gasteiger partial charge in [-0.2, -0.15) is 0 Å². The maximum atomic E-state index is 6.31. The fraction of sp³-hybridized carbons (Fsp3) is 1.00. The Balaban J connectivity index is 4.23. The third-order valence-electron chi connectivity index (χ3n) is 1.89. The van der Waals surface area contributed by atoms with Crippen LogP contribution in [0, 0.1) is 0 Å². The van der Waals surface area contributed by atoms with E-state index in [1.165, 1.54) is 0 Å². The Morgan fingerprint density at radius 1 is 1.10 bits per heavy atom. The molecule has 0 aliphatic carbocycles. The Bertz CT molecular complexity index is 95.8. The van der Waals surface area contributed by atoms with Crippen LogP contribution in [0.2, 0.25) is 0 Å². The number of halogens is 1. The van der Waals surface area contributed by atoms with Gasteiger partial charge < -0.3 is 0 Å². The van der Waals surface area contributed by atoms with Crippen LogP contribution >= 0.6 is 18.1 Å². The van der Waals surface area contributed by atoms with Crippen LogP contribution in [-0.4, -0.2) is 18.4 Å². The molecule has 0 aromatic rings. The van der Waals surface area contributed by atoms with Gasteiger partial charge in [-0.1, -0.05) is 0 Å². The number of hydrogen-bond donors (Lipinski definition) is 0. The van der Waals surface area contributed by atoms with Gasteiger partial charge in [0.25, 0.3) is 0 Å². The molecule has 3 heteroatoms. The Morgan fingerprint density at radius 2 is 1.40 bits per heavy atom. The van der Waals surface area contributed by atoms with Crippen molar-refractivity contribution in [3.63, 3.8) is 0 Å². The van der Waals surface area contributed by atoms with E-state index >= 15 is 0 Å². The van der Waals surface area contributed by atoms with Gasteiger partial charge in [-0.25, -0.2) is 0 Å². The van der Waals surface area contributed by atoms with Gasteiger partial charge in [0.15, 0.2) is 0 Å². The SMILES string of the molecule is CO[PH](Cl)(C(C)C)C(C)C. The fourth-order valence-electron chi connectivity index (χ4n) is 1.14. The molecule has 0 fully saturated rings. The van der Waals surface area contributed by atoms with E-state index in [2.05, 4.69) is 27.7 Å². The summed E-state index contributed by atoms with van der Waals surface area (Å²) in [7, 11) is 1.72. The zero-order valence-electron chi connectivity index (χ0n) is 7.44. The van der Waals surface area contributed by atoms with Gasteiger partial charge in [0, 0.05) is 0 Å². The summed E-state index contributed by atoms with van der Waals surface area (Å²) in [6, 6.07) is 0. The molecule has 0 heterocycles. The Kier molecular flexibility index (Phi) is 4.16. The Hall–Kier alpha value is 0.680. The van der Waals surface area contributed by atoms with Crippen LogP contribution in [0.5, 0.6) is 0 Å². The minimum atomic E-state index is -1.91. The standard InChI is InChI=1S/C7H18ClOP/c1-6(2)10(8,9-5)7(3)4/h6-7,10H,1-5H3. The molecule has 64 valence electrons. The van der Waals surface area contributed by atoms with Crippen molar-refractivity contribution < 1.29 is 4.52 Å². The van der Waals surface area contributed by atoms with Crippen molar-refractivity contribution in [1.82, 2.24) is 0 Å². The molecule has 0 aliphatic rings. The van der Waals surface area contributed by atoms with E-state index in [0.29, 0.717) is 11.3 Å². The molecule has 0 aromatic heterocycles. The molecule has 0 radical (unpaired) electrons. The number of rotatable bonds is 3. The van der Waals surface area contributed by atoms with Crippen molar-refractivity contribution in [2.24, 2.45) is 0 Å². The summed E-state index contributed by atoms with van der Waals surface area (Å²) in [5.41, 5.74) is 0.971. The Morgan fingerprint density at radius 3 is 1.40 bits per heavy atom. The molecule has 0 amide bonds. The Labute approximate surface area is 69.3 Å². The predicted octanol–water partition coefficient (Wildman–Crippen LogP) is 3.27. The predicted molar refractivity (Wildman–Crippen MR) is 51.4 cm³/mol. The van der Waals surface area contributed by atoms with Crippen molar-refractivity contribution in [2.75, 3.05) is 7.11 Å². The molecule has 0 aromatic carbocycles. The summed E-state index contributed by atoms with van der Waals surface area (Å²) in [6.45, 7) is 6.60. The second-order valence-corrected chi connectivity index (χ2v) is 9.10. The molecule has 0 N–H and O–H groups in total. The van der Waals surface area contributed by atoms with Crippen molar-refractivity contribution in [3.05, 3.63) is 0 Å².